The number of likely N-dealkylation sites (tertiary alicyclic amines) is 1. The molecule has 1 aliphatic rings. The van der Waals surface area contributed by atoms with Crippen molar-refractivity contribution in [3.63, 3.8) is 0 Å². The molecule has 1 unspecified atom stereocenters. The maximum atomic E-state index is 12.1. The zero-order valence-corrected chi connectivity index (χ0v) is 12.4. The van der Waals surface area contributed by atoms with Gasteiger partial charge in [0.15, 0.2) is 0 Å². The Bertz CT molecular complexity index is 471. The normalized spacial score (nSPS) is 23.2. The summed E-state index contributed by atoms with van der Waals surface area (Å²) in [5, 5.41) is 14.5. The van der Waals surface area contributed by atoms with E-state index in [1.807, 2.05) is 5.38 Å². The van der Waals surface area contributed by atoms with E-state index >= 15 is 0 Å². The lowest BCUT2D eigenvalue weighted by Gasteiger charge is -2.22. The number of hydrogen-bond acceptors (Lipinski definition) is 4. The third kappa shape index (κ3) is 4.05. The van der Waals surface area contributed by atoms with Crippen LogP contribution in [0.2, 0.25) is 0 Å². The second kappa shape index (κ2) is 6.37. The van der Waals surface area contributed by atoms with Crippen molar-refractivity contribution in [1.82, 2.24) is 10.2 Å². The molecule has 1 aliphatic heterocycles. The van der Waals surface area contributed by atoms with Crippen LogP contribution < -0.4 is 5.32 Å². The Morgan fingerprint density at radius 3 is 2.95 bits per heavy atom. The third-order valence-electron chi connectivity index (χ3n) is 3.56. The average molecular weight is 296 g/mol. The smallest absolute Gasteiger partial charge is 0.261 e. The summed E-state index contributed by atoms with van der Waals surface area (Å²) in [5.74, 6) is -0.303. The Labute approximate surface area is 122 Å². The molecule has 1 aromatic heterocycles. The van der Waals surface area contributed by atoms with Crippen LogP contribution in [0.4, 0.5) is 0 Å². The van der Waals surface area contributed by atoms with E-state index in [0.717, 1.165) is 6.42 Å². The molecule has 0 aromatic carbocycles. The van der Waals surface area contributed by atoms with Gasteiger partial charge in [0, 0.05) is 13.1 Å². The van der Waals surface area contributed by atoms with Crippen molar-refractivity contribution in [2.24, 2.45) is 0 Å². The van der Waals surface area contributed by atoms with E-state index in [4.69, 9.17) is 0 Å². The molecule has 0 spiro atoms. The van der Waals surface area contributed by atoms with E-state index in [0.29, 0.717) is 30.8 Å². The number of hydrogen-bond donors (Lipinski definition) is 2. The van der Waals surface area contributed by atoms with E-state index in [9.17, 15) is 14.7 Å². The van der Waals surface area contributed by atoms with Gasteiger partial charge in [-0.05, 0) is 37.6 Å². The summed E-state index contributed by atoms with van der Waals surface area (Å²) in [6, 6.07) is 3.53. The second-order valence-corrected chi connectivity index (χ2v) is 6.34. The van der Waals surface area contributed by atoms with Crippen molar-refractivity contribution >= 4 is 23.2 Å². The Balaban J connectivity index is 1.81. The molecule has 0 aliphatic carbocycles. The highest BCUT2D eigenvalue weighted by molar-refractivity contribution is 7.12. The predicted octanol–water partition coefficient (Wildman–Crippen LogP) is 1.24. The van der Waals surface area contributed by atoms with Crippen molar-refractivity contribution in [1.29, 1.82) is 0 Å². The summed E-state index contributed by atoms with van der Waals surface area (Å²) in [5.41, 5.74) is -0.685. The summed E-state index contributed by atoms with van der Waals surface area (Å²) in [6.07, 6.45) is 2.08. The van der Waals surface area contributed by atoms with Gasteiger partial charge in [0.05, 0.1) is 17.0 Å². The Morgan fingerprint density at radius 1 is 1.45 bits per heavy atom. The lowest BCUT2D eigenvalue weighted by Crippen LogP contribution is -2.41. The molecule has 1 fully saturated rings. The molecule has 2 amide bonds. The molecule has 0 radical (unpaired) electrons. The molecule has 6 heteroatoms. The van der Waals surface area contributed by atoms with Gasteiger partial charge in [-0.2, -0.15) is 0 Å². The standard InChI is InChI=1S/C14H20N2O3S/c1-14(19)5-3-7-16(8-6-14)12(17)10-15-13(18)11-4-2-9-20-11/h2,4,9,19H,3,5-8,10H2,1H3,(H,15,18). The molecule has 20 heavy (non-hydrogen) atoms. The van der Waals surface area contributed by atoms with Gasteiger partial charge in [-0.15, -0.1) is 11.3 Å². The van der Waals surface area contributed by atoms with Gasteiger partial charge < -0.3 is 15.3 Å². The van der Waals surface area contributed by atoms with Crippen LogP contribution >= 0.6 is 11.3 Å². The number of nitrogens with zero attached hydrogens (tertiary/aromatic N) is 1. The average Bonchev–Trinajstić information content (AvgIpc) is 2.87. The SMILES string of the molecule is CC1(O)CCCN(C(=O)CNC(=O)c2cccs2)CC1. The van der Waals surface area contributed by atoms with Crippen molar-refractivity contribution < 1.29 is 14.7 Å². The van der Waals surface area contributed by atoms with Crippen molar-refractivity contribution in [3.05, 3.63) is 22.4 Å². The fourth-order valence-electron chi connectivity index (χ4n) is 2.28. The maximum Gasteiger partial charge on any atom is 0.261 e. The van der Waals surface area contributed by atoms with Crippen LogP contribution in [0.25, 0.3) is 0 Å². The van der Waals surface area contributed by atoms with Gasteiger partial charge in [0.1, 0.15) is 0 Å². The highest BCUT2D eigenvalue weighted by atomic mass is 32.1. The number of aliphatic hydroxyl groups is 1. The van der Waals surface area contributed by atoms with Crippen LogP contribution in [-0.2, 0) is 4.79 Å². The third-order valence-corrected chi connectivity index (χ3v) is 4.43. The number of carbonyl (C=O) groups is 2. The molecule has 2 N–H and O–H groups in total. The minimum atomic E-state index is -0.685. The number of amides is 2. The van der Waals surface area contributed by atoms with Crippen LogP contribution in [0.15, 0.2) is 17.5 Å². The molecule has 0 saturated carbocycles. The molecular weight excluding hydrogens is 276 g/mol. The summed E-state index contributed by atoms with van der Waals surface area (Å²) in [6.45, 7) is 3.00. The van der Waals surface area contributed by atoms with Crippen molar-refractivity contribution in [2.75, 3.05) is 19.6 Å². The number of rotatable bonds is 3. The van der Waals surface area contributed by atoms with Crippen LogP contribution in [0.3, 0.4) is 0 Å². The van der Waals surface area contributed by atoms with Gasteiger partial charge >= 0.3 is 0 Å². The lowest BCUT2D eigenvalue weighted by atomic mass is 9.98. The van der Waals surface area contributed by atoms with Gasteiger partial charge in [0.25, 0.3) is 5.91 Å². The lowest BCUT2D eigenvalue weighted by molar-refractivity contribution is -0.130. The highest BCUT2D eigenvalue weighted by Gasteiger charge is 2.27. The van der Waals surface area contributed by atoms with E-state index in [1.54, 1.807) is 24.0 Å². The summed E-state index contributed by atoms with van der Waals surface area (Å²) >= 11 is 1.35. The first-order valence-electron chi connectivity index (χ1n) is 6.80. The number of nitrogens with one attached hydrogen (secondary N) is 1. The molecule has 2 heterocycles. The molecule has 2 rings (SSSR count). The summed E-state index contributed by atoms with van der Waals surface area (Å²) in [7, 11) is 0. The zero-order chi connectivity index (χ0) is 14.6. The second-order valence-electron chi connectivity index (χ2n) is 5.39. The first-order valence-corrected chi connectivity index (χ1v) is 7.68. The minimum absolute atomic E-state index is 0.0128. The fraction of sp³-hybridized carbons (Fsp3) is 0.571. The van der Waals surface area contributed by atoms with E-state index in [-0.39, 0.29) is 18.4 Å². The fourth-order valence-corrected chi connectivity index (χ4v) is 2.92. The minimum Gasteiger partial charge on any atom is -0.390 e. The zero-order valence-electron chi connectivity index (χ0n) is 11.6. The topological polar surface area (TPSA) is 69.6 Å². The first kappa shape index (κ1) is 15.0. The summed E-state index contributed by atoms with van der Waals surface area (Å²) in [4.78, 5) is 26.1. The van der Waals surface area contributed by atoms with E-state index in [2.05, 4.69) is 5.32 Å². The van der Waals surface area contributed by atoms with Crippen LogP contribution in [-0.4, -0.2) is 47.1 Å². The van der Waals surface area contributed by atoms with Crippen molar-refractivity contribution in [2.45, 2.75) is 31.8 Å². The number of carbonyl (C=O) groups excluding carboxylic acids is 2. The maximum absolute atomic E-state index is 12.1. The van der Waals surface area contributed by atoms with Gasteiger partial charge in [0.2, 0.25) is 5.91 Å². The Kier molecular flexibility index (Phi) is 4.77. The molecule has 1 aromatic rings. The largest absolute Gasteiger partial charge is 0.390 e. The monoisotopic (exact) mass is 296 g/mol. The van der Waals surface area contributed by atoms with Crippen LogP contribution in [0, 0.1) is 0 Å². The van der Waals surface area contributed by atoms with Gasteiger partial charge in [-0.1, -0.05) is 6.07 Å². The molecular formula is C14H20N2O3S. The molecule has 1 atom stereocenters. The molecule has 0 bridgehead atoms. The van der Waals surface area contributed by atoms with Crippen LogP contribution in [0.5, 0.6) is 0 Å². The highest BCUT2D eigenvalue weighted by Crippen LogP contribution is 2.21. The Hall–Kier alpha value is -1.40. The van der Waals surface area contributed by atoms with Crippen LogP contribution in [0.1, 0.15) is 35.9 Å². The number of thiophene rings is 1. The molecule has 5 nitrogen and oxygen atoms in total. The van der Waals surface area contributed by atoms with Crippen molar-refractivity contribution in [3.8, 4) is 0 Å². The first-order chi connectivity index (χ1) is 9.48. The van der Waals surface area contributed by atoms with E-state index in [1.165, 1.54) is 11.3 Å². The summed E-state index contributed by atoms with van der Waals surface area (Å²) < 4.78 is 0. The van der Waals surface area contributed by atoms with Gasteiger partial charge in [-0.25, -0.2) is 0 Å². The quantitative estimate of drug-likeness (QED) is 0.882. The van der Waals surface area contributed by atoms with E-state index < -0.39 is 5.60 Å². The van der Waals surface area contributed by atoms with Gasteiger partial charge in [-0.3, -0.25) is 9.59 Å². The molecule has 110 valence electrons. The molecule has 1 saturated heterocycles. The Morgan fingerprint density at radius 2 is 2.25 bits per heavy atom. The predicted molar refractivity (Wildman–Crippen MR) is 77.7 cm³/mol.